The average molecular weight is 441 g/mol. The number of halogens is 1. The van der Waals surface area contributed by atoms with Crippen LogP contribution in [0.3, 0.4) is 0 Å². The Balaban J connectivity index is 1.71. The van der Waals surface area contributed by atoms with E-state index in [1.807, 2.05) is 0 Å². The summed E-state index contributed by atoms with van der Waals surface area (Å²) in [6.45, 7) is 1.93. The maximum atomic E-state index is 12.6. The van der Waals surface area contributed by atoms with Crippen molar-refractivity contribution in [3.63, 3.8) is 0 Å². The van der Waals surface area contributed by atoms with E-state index in [0.717, 1.165) is 5.56 Å². The zero-order valence-corrected chi connectivity index (χ0v) is 17.9. The van der Waals surface area contributed by atoms with Gasteiger partial charge in [-0.3, -0.25) is 19.5 Å². The first-order valence-corrected chi connectivity index (χ1v) is 9.93. The SMILES string of the molecule is CN1C(=O)CC(C)(c2cc(CC(=O)c3cnc(OCC#CCCl)cn3)ccn2)N=C1N. The smallest absolute Gasteiger partial charge is 0.233 e. The molecule has 10 heteroatoms. The van der Waals surface area contributed by atoms with Crippen molar-refractivity contribution in [3.8, 4) is 17.7 Å². The Labute approximate surface area is 184 Å². The fourth-order valence-electron chi connectivity index (χ4n) is 2.95. The van der Waals surface area contributed by atoms with Gasteiger partial charge in [-0.1, -0.05) is 11.8 Å². The van der Waals surface area contributed by atoms with Gasteiger partial charge in [-0.15, -0.1) is 11.6 Å². The second-order valence-electron chi connectivity index (χ2n) is 7.04. The van der Waals surface area contributed by atoms with Crippen LogP contribution in [0.5, 0.6) is 5.88 Å². The molecule has 0 bridgehead atoms. The summed E-state index contributed by atoms with van der Waals surface area (Å²) < 4.78 is 5.30. The van der Waals surface area contributed by atoms with Crippen molar-refractivity contribution >= 4 is 29.3 Å². The first-order valence-electron chi connectivity index (χ1n) is 9.39. The molecular weight excluding hydrogens is 420 g/mol. The van der Waals surface area contributed by atoms with Gasteiger partial charge in [0.15, 0.2) is 18.3 Å². The number of rotatable bonds is 6. The number of nitrogens with zero attached hydrogens (tertiary/aromatic N) is 5. The molecule has 3 heterocycles. The summed E-state index contributed by atoms with van der Waals surface area (Å²) in [5, 5.41) is 0. The van der Waals surface area contributed by atoms with Crippen LogP contribution in [0, 0.1) is 11.8 Å². The molecule has 1 unspecified atom stereocenters. The van der Waals surface area contributed by atoms with Crippen LogP contribution in [0.1, 0.15) is 35.1 Å². The highest BCUT2D eigenvalue weighted by Crippen LogP contribution is 2.31. The zero-order chi connectivity index (χ0) is 22.4. The standard InChI is InChI=1S/C21H21ClN6O3/c1-21(11-19(30)28(2)20(23)27-21)17-10-14(5-7-24-17)9-16(29)15-12-26-18(13-25-15)31-8-4-3-6-22/h5,7,10,12-13H,6,8-9,11H2,1-2H3,(H2,23,27). The fourth-order valence-corrected chi connectivity index (χ4v) is 3.05. The van der Waals surface area contributed by atoms with E-state index in [1.54, 1.807) is 32.3 Å². The van der Waals surface area contributed by atoms with Gasteiger partial charge in [-0.2, -0.15) is 0 Å². The number of carbonyl (C=O) groups is 2. The van der Waals surface area contributed by atoms with Gasteiger partial charge in [-0.25, -0.2) is 15.0 Å². The fraction of sp³-hybridized carbons (Fsp3) is 0.333. The van der Waals surface area contributed by atoms with Gasteiger partial charge in [0.05, 0.1) is 30.4 Å². The van der Waals surface area contributed by atoms with Crippen LogP contribution in [0.4, 0.5) is 0 Å². The molecule has 1 atom stereocenters. The minimum absolute atomic E-state index is 0.0920. The number of aromatic nitrogens is 3. The van der Waals surface area contributed by atoms with E-state index in [9.17, 15) is 9.59 Å². The van der Waals surface area contributed by atoms with Crippen LogP contribution in [0.2, 0.25) is 0 Å². The maximum Gasteiger partial charge on any atom is 0.233 e. The second-order valence-corrected chi connectivity index (χ2v) is 7.31. The molecule has 0 saturated heterocycles. The highest BCUT2D eigenvalue weighted by Gasteiger charge is 2.37. The Bertz CT molecular complexity index is 1080. The number of hydrogen-bond donors (Lipinski definition) is 1. The van der Waals surface area contributed by atoms with E-state index in [1.165, 1.54) is 17.3 Å². The van der Waals surface area contributed by atoms with Crippen LogP contribution in [-0.2, 0) is 16.8 Å². The van der Waals surface area contributed by atoms with E-state index in [0.29, 0.717) is 5.69 Å². The van der Waals surface area contributed by atoms with Crippen LogP contribution < -0.4 is 10.5 Å². The molecule has 0 spiro atoms. The molecule has 1 aliphatic rings. The number of aliphatic imine (C=N–C) groups is 1. The van der Waals surface area contributed by atoms with Crippen molar-refractivity contribution in [1.82, 2.24) is 19.9 Å². The molecule has 0 saturated carbocycles. The molecular formula is C21H21ClN6O3. The predicted octanol–water partition coefficient (Wildman–Crippen LogP) is 1.31. The molecule has 2 aromatic heterocycles. The van der Waals surface area contributed by atoms with Crippen LogP contribution in [0.15, 0.2) is 35.7 Å². The highest BCUT2D eigenvalue weighted by molar-refractivity contribution is 6.19. The van der Waals surface area contributed by atoms with Crippen molar-refractivity contribution in [2.75, 3.05) is 19.5 Å². The summed E-state index contributed by atoms with van der Waals surface area (Å²) in [6.07, 6.45) is 4.54. The summed E-state index contributed by atoms with van der Waals surface area (Å²) in [5.74, 6) is 5.63. The van der Waals surface area contributed by atoms with Crippen LogP contribution in [0.25, 0.3) is 0 Å². The Kier molecular flexibility index (Phi) is 6.82. The average Bonchev–Trinajstić information content (AvgIpc) is 2.75. The van der Waals surface area contributed by atoms with Crippen molar-refractivity contribution in [2.45, 2.75) is 25.3 Å². The highest BCUT2D eigenvalue weighted by atomic mass is 35.5. The monoisotopic (exact) mass is 440 g/mol. The quantitative estimate of drug-likeness (QED) is 0.408. The normalized spacial score (nSPS) is 18.1. The third-order valence-corrected chi connectivity index (χ3v) is 4.85. The summed E-state index contributed by atoms with van der Waals surface area (Å²) in [5.41, 5.74) is 6.47. The number of Topliss-reactive ketones (excluding diaryl/α,β-unsaturated/α-hetero) is 1. The van der Waals surface area contributed by atoms with Gasteiger partial charge in [0.1, 0.15) is 11.2 Å². The van der Waals surface area contributed by atoms with E-state index >= 15 is 0 Å². The lowest BCUT2D eigenvalue weighted by molar-refractivity contribution is -0.128. The summed E-state index contributed by atoms with van der Waals surface area (Å²) in [6, 6.07) is 3.49. The van der Waals surface area contributed by atoms with E-state index < -0.39 is 5.54 Å². The van der Waals surface area contributed by atoms with Crippen molar-refractivity contribution < 1.29 is 14.3 Å². The number of ether oxygens (including phenoxy) is 1. The topological polar surface area (TPSA) is 124 Å². The first kappa shape index (κ1) is 22.2. The first-order chi connectivity index (χ1) is 14.8. The lowest BCUT2D eigenvalue weighted by atomic mass is 9.90. The molecule has 0 aromatic carbocycles. The number of carbonyl (C=O) groups excluding carboxylic acids is 2. The van der Waals surface area contributed by atoms with Gasteiger partial charge in [0.2, 0.25) is 11.8 Å². The Hall–Kier alpha value is -3.51. The van der Waals surface area contributed by atoms with Crippen molar-refractivity contribution in [2.24, 2.45) is 10.7 Å². The largest absolute Gasteiger partial charge is 0.463 e. The third-order valence-electron chi connectivity index (χ3n) is 4.71. The van der Waals surface area contributed by atoms with Crippen molar-refractivity contribution in [3.05, 3.63) is 47.7 Å². The summed E-state index contributed by atoms with van der Waals surface area (Å²) in [7, 11) is 1.58. The molecule has 9 nitrogen and oxygen atoms in total. The van der Waals surface area contributed by atoms with E-state index in [-0.39, 0.29) is 54.6 Å². The van der Waals surface area contributed by atoms with E-state index in [2.05, 4.69) is 31.8 Å². The molecule has 2 aromatic rings. The molecule has 0 aliphatic carbocycles. The lowest BCUT2D eigenvalue weighted by Crippen LogP contribution is -2.47. The minimum atomic E-state index is -0.891. The van der Waals surface area contributed by atoms with Gasteiger partial charge in [0.25, 0.3) is 0 Å². The molecule has 1 aliphatic heterocycles. The number of alkyl halides is 1. The molecule has 160 valence electrons. The Morgan fingerprint density at radius 2 is 2.13 bits per heavy atom. The number of pyridine rings is 1. The molecule has 1 amide bonds. The van der Waals surface area contributed by atoms with E-state index in [4.69, 9.17) is 22.1 Å². The van der Waals surface area contributed by atoms with Gasteiger partial charge in [-0.05, 0) is 24.6 Å². The minimum Gasteiger partial charge on any atom is -0.463 e. The van der Waals surface area contributed by atoms with Gasteiger partial charge < -0.3 is 10.5 Å². The third kappa shape index (κ3) is 5.35. The van der Waals surface area contributed by atoms with Gasteiger partial charge >= 0.3 is 0 Å². The second kappa shape index (κ2) is 9.53. The number of hydrogen-bond acceptors (Lipinski definition) is 8. The van der Waals surface area contributed by atoms with Gasteiger partial charge in [0, 0.05) is 19.7 Å². The van der Waals surface area contributed by atoms with Crippen LogP contribution >= 0.6 is 11.6 Å². The molecule has 0 fully saturated rings. The predicted molar refractivity (Wildman–Crippen MR) is 115 cm³/mol. The summed E-state index contributed by atoms with van der Waals surface area (Å²) in [4.78, 5) is 43.1. The zero-order valence-electron chi connectivity index (χ0n) is 17.1. The number of ketones is 1. The van der Waals surface area contributed by atoms with Crippen LogP contribution in [-0.4, -0.2) is 57.0 Å². The molecule has 2 N–H and O–H groups in total. The molecule has 31 heavy (non-hydrogen) atoms. The molecule has 3 rings (SSSR count). The summed E-state index contributed by atoms with van der Waals surface area (Å²) >= 11 is 5.46. The molecule has 0 radical (unpaired) electrons. The Morgan fingerprint density at radius 1 is 1.32 bits per heavy atom. The number of amides is 1. The maximum absolute atomic E-state index is 12.6. The lowest BCUT2D eigenvalue weighted by Gasteiger charge is -2.32. The number of guanidine groups is 1. The van der Waals surface area contributed by atoms with Crippen molar-refractivity contribution in [1.29, 1.82) is 0 Å². The number of nitrogens with two attached hydrogens (primary N) is 1. The Morgan fingerprint density at radius 3 is 2.81 bits per heavy atom.